The van der Waals surface area contributed by atoms with Crippen molar-refractivity contribution in [2.75, 3.05) is 0 Å². The highest BCUT2D eigenvalue weighted by atomic mass is 79.9. The van der Waals surface area contributed by atoms with Crippen LogP contribution in [0, 0.1) is 5.82 Å². The van der Waals surface area contributed by atoms with Crippen molar-refractivity contribution in [3.8, 4) is 5.75 Å². The first-order valence-electron chi connectivity index (χ1n) is 7.00. The maximum Gasteiger partial charge on any atom is 0.137 e. The van der Waals surface area contributed by atoms with Crippen molar-refractivity contribution < 1.29 is 9.13 Å². The molecule has 2 aromatic rings. The second-order valence-electron chi connectivity index (χ2n) is 5.02. The van der Waals surface area contributed by atoms with Crippen molar-refractivity contribution in [1.29, 1.82) is 0 Å². The maximum atomic E-state index is 12.9. The monoisotopic (exact) mass is 351 g/mol. The lowest BCUT2D eigenvalue weighted by atomic mass is 10.0. The van der Waals surface area contributed by atoms with E-state index in [4.69, 9.17) is 10.5 Å². The van der Waals surface area contributed by atoms with Crippen LogP contribution in [0.4, 0.5) is 4.39 Å². The van der Waals surface area contributed by atoms with Gasteiger partial charge in [-0.15, -0.1) is 0 Å². The van der Waals surface area contributed by atoms with Gasteiger partial charge in [0.25, 0.3) is 0 Å². The normalized spacial score (nSPS) is 12.2. The molecule has 4 heteroatoms. The largest absolute Gasteiger partial charge is 0.487 e. The van der Waals surface area contributed by atoms with Crippen molar-refractivity contribution in [1.82, 2.24) is 0 Å². The topological polar surface area (TPSA) is 35.2 Å². The third-order valence-corrected chi connectivity index (χ3v) is 3.98. The summed E-state index contributed by atoms with van der Waals surface area (Å²) in [4.78, 5) is 0. The first kappa shape index (κ1) is 16.0. The van der Waals surface area contributed by atoms with Crippen LogP contribution < -0.4 is 10.5 Å². The molecule has 0 aliphatic heterocycles. The SMILES string of the molecule is CCC(N)Cc1cccc(Br)c1OCc1ccc(F)cc1. The van der Waals surface area contributed by atoms with Crippen molar-refractivity contribution in [3.05, 3.63) is 63.9 Å². The van der Waals surface area contributed by atoms with Gasteiger partial charge in [-0.2, -0.15) is 0 Å². The number of hydrogen-bond donors (Lipinski definition) is 1. The van der Waals surface area contributed by atoms with Crippen molar-refractivity contribution in [2.45, 2.75) is 32.4 Å². The van der Waals surface area contributed by atoms with E-state index < -0.39 is 0 Å². The second kappa shape index (κ2) is 7.57. The van der Waals surface area contributed by atoms with E-state index >= 15 is 0 Å². The number of nitrogens with two attached hydrogens (primary N) is 1. The molecule has 2 N–H and O–H groups in total. The van der Waals surface area contributed by atoms with Gasteiger partial charge in [0, 0.05) is 6.04 Å². The summed E-state index contributed by atoms with van der Waals surface area (Å²) < 4.78 is 19.7. The predicted molar refractivity (Wildman–Crippen MR) is 86.8 cm³/mol. The van der Waals surface area contributed by atoms with Gasteiger partial charge in [0.15, 0.2) is 0 Å². The summed E-state index contributed by atoms with van der Waals surface area (Å²) in [7, 11) is 0. The highest BCUT2D eigenvalue weighted by molar-refractivity contribution is 9.10. The molecule has 112 valence electrons. The Morgan fingerprint density at radius 1 is 1.19 bits per heavy atom. The number of hydrogen-bond acceptors (Lipinski definition) is 2. The summed E-state index contributed by atoms with van der Waals surface area (Å²) >= 11 is 3.52. The van der Waals surface area contributed by atoms with Gasteiger partial charge in [0.1, 0.15) is 18.2 Å². The molecule has 2 nitrogen and oxygen atoms in total. The molecule has 21 heavy (non-hydrogen) atoms. The van der Waals surface area contributed by atoms with E-state index in [1.165, 1.54) is 12.1 Å². The molecular formula is C17H19BrFNO. The molecule has 0 saturated carbocycles. The Morgan fingerprint density at radius 2 is 1.90 bits per heavy atom. The summed E-state index contributed by atoms with van der Waals surface area (Å²) in [6.07, 6.45) is 1.69. The second-order valence-corrected chi connectivity index (χ2v) is 5.87. The number of ether oxygens (including phenoxy) is 1. The fourth-order valence-electron chi connectivity index (χ4n) is 2.04. The zero-order chi connectivity index (χ0) is 15.2. The third kappa shape index (κ3) is 4.55. The first-order chi connectivity index (χ1) is 10.1. The van der Waals surface area contributed by atoms with Crippen LogP contribution in [0.25, 0.3) is 0 Å². The van der Waals surface area contributed by atoms with Gasteiger partial charge in [-0.05, 0) is 58.1 Å². The van der Waals surface area contributed by atoms with Crippen LogP contribution in [-0.2, 0) is 13.0 Å². The highest BCUT2D eigenvalue weighted by Gasteiger charge is 2.11. The number of rotatable bonds is 6. The molecule has 0 amide bonds. The Morgan fingerprint density at radius 3 is 2.57 bits per heavy atom. The first-order valence-corrected chi connectivity index (χ1v) is 7.79. The molecule has 2 aromatic carbocycles. The van der Waals surface area contributed by atoms with Crippen LogP contribution in [0.3, 0.4) is 0 Å². The summed E-state index contributed by atoms with van der Waals surface area (Å²) in [6, 6.07) is 12.4. The minimum absolute atomic E-state index is 0.118. The maximum absolute atomic E-state index is 12.9. The van der Waals surface area contributed by atoms with Gasteiger partial charge >= 0.3 is 0 Å². The Labute approximate surface area is 133 Å². The van der Waals surface area contributed by atoms with Crippen molar-refractivity contribution in [3.63, 3.8) is 0 Å². The van der Waals surface area contributed by atoms with Crippen molar-refractivity contribution >= 4 is 15.9 Å². The number of benzene rings is 2. The minimum Gasteiger partial charge on any atom is -0.487 e. The Kier molecular flexibility index (Phi) is 5.76. The van der Waals surface area contributed by atoms with E-state index in [1.54, 1.807) is 12.1 Å². The van der Waals surface area contributed by atoms with Crippen LogP contribution >= 0.6 is 15.9 Å². The van der Waals surface area contributed by atoms with Gasteiger partial charge in [-0.25, -0.2) is 4.39 Å². The van der Waals surface area contributed by atoms with Gasteiger partial charge in [-0.3, -0.25) is 0 Å². The lowest BCUT2D eigenvalue weighted by molar-refractivity contribution is 0.300. The van der Waals surface area contributed by atoms with Crippen molar-refractivity contribution in [2.24, 2.45) is 5.73 Å². The summed E-state index contributed by atoms with van der Waals surface area (Å²) in [5, 5.41) is 0. The molecule has 2 rings (SSSR count). The highest BCUT2D eigenvalue weighted by Crippen LogP contribution is 2.30. The van der Waals surface area contributed by atoms with Crippen LogP contribution in [0.15, 0.2) is 46.9 Å². The fraction of sp³-hybridized carbons (Fsp3) is 0.294. The third-order valence-electron chi connectivity index (χ3n) is 3.35. The molecule has 0 fully saturated rings. The van der Waals surface area contributed by atoms with E-state index in [0.29, 0.717) is 6.61 Å². The van der Waals surface area contributed by atoms with E-state index in [1.807, 2.05) is 18.2 Å². The minimum atomic E-state index is -0.241. The lowest BCUT2D eigenvalue weighted by Crippen LogP contribution is -2.21. The van der Waals surface area contributed by atoms with Crippen LogP contribution in [0.2, 0.25) is 0 Å². The van der Waals surface area contributed by atoms with E-state index in [2.05, 4.69) is 22.9 Å². The molecule has 0 aliphatic rings. The van der Waals surface area contributed by atoms with E-state index in [0.717, 1.165) is 34.2 Å². The van der Waals surface area contributed by atoms with E-state index in [-0.39, 0.29) is 11.9 Å². The molecule has 0 spiro atoms. The average molecular weight is 352 g/mol. The van der Waals surface area contributed by atoms with Crippen LogP contribution in [0.1, 0.15) is 24.5 Å². The standard InChI is InChI=1S/C17H19BrFNO/c1-2-15(20)10-13-4-3-5-16(18)17(13)21-11-12-6-8-14(19)9-7-12/h3-9,15H,2,10-11,20H2,1H3. The predicted octanol–water partition coefficient (Wildman–Crippen LogP) is 4.45. The van der Waals surface area contributed by atoms with Crippen LogP contribution in [-0.4, -0.2) is 6.04 Å². The smallest absolute Gasteiger partial charge is 0.137 e. The molecule has 1 unspecified atom stereocenters. The molecule has 0 saturated heterocycles. The zero-order valence-electron chi connectivity index (χ0n) is 12.0. The number of para-hydroxylation sites is 1. The Hall–Kier alpha value is -1.39. The molecule has 0 heterocycles. The van der Waals surface area contributed by atoms with Gasteiger partial charge in [0.2, 0.25) is 0 Å². The molecule has 0 aliphatic carbocycles. The van der Waals surface area contributed by atoms with E-state index in [9.17, 15) is 4.39 Å². The summed E-state index contributed by atoms with van der Waals surface area (Å²) in [5.41, 5.74) is 8.05. The average Bonchev–Trinajstić information content (AvgIpc) is 2.48. The molecular weight excluding hydrogens is 333 g/mol. The van der Waals surface area contributed by atoms with Crippen LogP contribution in [0.5, 0.6) is 5.75 Å². The van der Waals surface area contributed by atoms with Gasteiger partial charge < -0.3 is 10.5 Å². The lowest BCUT2D eigenvalue weighted by Gasteiger charge is -2.16. The number of halogens is 2. The molecule has 0 bridgehead atoms. The molecule has 0 radical (unpaired) electrons. The molecule has 0 aromatic heterocycles. The van der Waals surface area contributed by atoms with Gasteiger partial charge in [-0.1, -0.05) is 31.2 Å². The molecule has 1 atom stereocenters. The summed E-state index contributed by atoms with van der Waals surface area (Å²) in [5.74, 6) is 0.569. The zero-order valence-corrected chi connectivity index (χ0v) is 13.6. The Balaban J connectivity index is 2.12. The summed E-state index contributed by atoms with van der Waals surface area (Å²) in [6.45, 7) is 2.47. The Bertz CT molecular complexity index is 586. The van der Waals surface area contributed by atoms with Gasteiger partial charge in [0.05, 0.1) is 4.47 Å². The fourth-order valence-corrected chi connectivity index (χ4v) is 2.56. The quantitative estimate of drug-likeness (QED) is 0.834.